The number of rotatable bonds is 32. The van der Waals surface area contributed by atoms with Crippen LogP contribution in [0.1, 0.15) is 129 Å². The number of esters is 2. The number of nitrogens with one attached hydrogen (secondary N) is 1. The molecule has 0 aromatic carbocycles. The predicted octanol–water partition coefficient (Wildman–Crippen LogP) is 13.2. The molecule has 0 radical (unpaired) electrons. The average molecular weight is 898 g/mol. The molecule has 1 aliphatic rings. The molecular formula is C56H75N5O5. The molecule has 3 unspecified atom stereocenters. The van der Waals surface area contributed by atoms with Gasteiger partial charge in [0, 0.05) is 19.3 Å². The molecule has 2 heterocycles. The van der Waals surface area contributed by atoms with Crippen molar-refractivity contribution in [3.63, 3.8) is 0 Å². The summed E-state index contributed by atoms with van der Waals surface area (Å²) in [6.45, 7) is 8.63. The van der Waals surface area contributed by atoms with Gasteiger partial charge in [-0.15, -0.1) is 0 Å². The number of nitrogens with two attached hydrogens (primary N) is 1. The number of allylic oxidation sites excluding steroid dienone is 24. The fourth-order valence-electron chi connectivity index (χ4n) is 6.99. The molecule has 10 heteroatoms. The summed E-state index contributed by atoms with van der Waals surface area (Å²) in [5.74, 6) is -1.19. The SMILES string of the molecule is C=C1C(COC(=O)CC/C=C\C/C=C\C/C=C\C/C=C\C/C=C\C/C=C\CC)C(OC(=O)CC/C=C\C/C=C\C/C=C\C/C=C\C/C=C\C/C=C\CC)CC1n1cnc2c(=O)[nH]c(N)nc21. The van der Waals surface area contributed by atoms with Crippen molar-refractivity contribution in [2.45, 2.75) is 135 Å². The van der Waals surface area contributed by atoms with Crippen molar-refractivity contribution in [1.29, 1.82) is 0 Å². The minimum absolute atomic E-state index is 0.00575. The third kappa shape index (κ3) is 23.1. The standard InChI is InChI=1S/C56H75N5O5/c1-4-6-8-10-12-14-16-18-20-22-24-26-28-30-32-34-36-38-40-42-51(62)65-45-48-47(3)49(61-46-58-53-54(61)59-56(57)60-55(53)64)44-50(48)66-52(63)43-41-39-37-35-33-31-29-27-25-23-21-19-17-15-13-11-9-7-5-2/h6-9,12-15,18-21,24-27,30-33,36-39,46,48-50H,3-5,10-11,16-17,22-23,28-29,34-35,40-45H2,1-2H3,(H3,57,59,60,64)/b8-6-,9-7-,14-12-,15-13-,20-18-,21-19-,26-24-,27-25-,32-30-,33-31-,38-36-,39-37-. The lowest BCUT2D eigenvalue weighted by Crippen LogP contribution is -2.27. The third-order valence-electron chi connectivity index (χ3n) is 10.5. The topological polar surface area (TPSA) is 142 Å². The van der Waals surface area contributed by atoms with Crippen molar-refractivity contribution in [2.75, 3.05) is 12.3 Å². The predicted molar refractivity (Wildman–Crippen MR) is 275 cm³/mol. The summed E-state index contributed by atoms with van der Waals surface area (Å²) in [4.78, 5) is 49.5. The Morgan fingerprint density at radius 3 is 1.47 bits per heavy atom. The second-order valence-corrected chi connectivity index (χ2v) is 15.8. The van der Waals surface area contributed by atoms with Crippen molar-refractivity contribution in [3.8, 4) is 0 Å². The van der Waals surface area contributed by atoms with Crippen LogP contribution in [0.3, 0.4) is 0 Å². The number of ether oxygens (including phenoxy) is 2. The molecular weight excluding hydrogens is 823 g/mol. The highest BCUT2D eigenvalue weighted by Gasteiger charge is 2.42. The van der Waals surface area contributed by atoms with Gasteiger partial charge < -0.3 is 19.8 Å². The van der Waals surface area contributed by atoms with E-state index in [9.17, 15) is 14.4 Å². The van der Waals surface area contributed by atoms with Gasteiger partial charge in [0.1, 0.15) is 12.7 Å². The van der Waals surface area contributed by atoms with E-state index in [1.54, 1.807) is 4.57 Å². The minimum Gasteiger partial charge on any atom is -0.465 e. The molecule has 1 aliphatic carbocycles. The van der Waals surface area contributed by atoms with Crippen LogP contribution >= 0.6 is 0 Å². The van der Waals surface area contributed by atoms with Crippen molar-refractivity contribution in [1.82, 2.24) is 19.5 Å². The lowest BCUT2D eigenvalue weighted by molar-refractivity contribution is -0.153. The quantitative estimate of drug-likeness (QED) is 0.0546. The van der Waals surface area contributed by atoms with Crippen molar-refractivity contribution in [2.24, 2.45) is 5.92 Å². The maximum Gasteiger partial charge on any atom is 0.306 e. The number of hydrogen-bond donors (Lipinski definition) is 2. The number of anilines is 1. The van der Waals surface area contributed by atoms with E-state index in [4.69, 9.17) is 15.2 Å². The van der Waals surface area contributed by atoms with Gasteiger partial charge in [-0.05, 0) is 95.5 Å². The Bertz CT molecular complexity index is 2170. The number of nitrogens with zero attached hydrogens (tertiary/aromatic N) is 3. The Labute approximate surface area is 394 Å². The first-order valence-corrected chi connectivity index (χ1v) is 23.9. The van der Waals surface area contributed by atoms with Crippen LogP contribution in [0.15, 0.2) is 169 Å². The summed E-state index contributed by atoms with van der Waals surface area (Å²) in [7, 11) is 0. The van der Waals surface area contributed by atoms with Gasteiger partial charge in [0.15, 0.2) is 11.2 Å². The second-order valence-electron chi connectivity index (χ2n) is 15.8. The van der Waals surface area contributed by atoms with Crippen LogP contribution in [0.25, 0.3) is 11.2 Å². The van der Waals surface area contributed by atoms with Crippen LogP contribution in [0, 0.1) is 5.92 Å². The molecule has 3 atom stereocenters. The summed E-state index contributed by atoms with van der Waals surface area (Å²) >= 11 is 0. The third-order valence-corrected chi connectivity index (χ3v) is 10.5. The zero-order valence-corrected chi connectivity index (χ0v) is 39.6. The van der Waals surface area contributed by atoms with Gasteiger partial charge in [0.05, 0.1) is 18.3 Å². The molecule has 1 fully saturated rings. The number of aromatic amines is 1. The smallest absolute Gasteiger partial charge is 0.306 e. The Hall–Kier alpha value is -6.29. The number of carbonyl (C=O) groups excluding carboxylic acids is 2. The molecule has 0 aliphatic heterocycles. The number of nitrogen functional groups attached to an aromatic ring is 1. The fraction of sp³-hybridized carbons (Fsp3) is 0.411. The first-order valence-electron chi connectivity index (χ1n) is 23.9. The van der Waals surface area contributed by atoms with Gasteiger partial charge in [-0.25, -0.2) is 4.98 Å². The molecule has 3 N–H and O–H groups in total. The lowest BCUT2D eigenvalue weighted by Gasteiger charge is -2.20. The molecule has 1 saturated carbocycles. The highest BCUT2D eigenvalue weighted by Crippen LogP contribution is 2.42. The monoisotopic (exact) mass is 898 g/mol. The van der Waals surface area contributed by atoms with E-state index in [1.165, 1.54) is 6.33 Å². The molecule has 0 saturated heterocycles. The largest absolute Gasteiger partial charge is 0.465 e. The van der Waals surface area contributed by atoms with Crippen molar-refractivity contribution in [3.05, 3.63) is 175 Å². The average Bonchev–Trinajstić information content (AvgIpc) is 3.86. The van der Waals surface area contributed by atoms with Gasteiger partial charge in [0.2, 0.25) is 5.95 Å². The Kier molecular flexibility index (Phi) is 28.7. The Balaban J connectivity index is 1.41. The zero-order valence-electron chi connectivity index (χ0n) is 39.6. The molecule has 0 bridgehead atoms. The molecule has 354 valence electrons. The first-order chi connectivity index (χ1) is 32.3. The number of hydrogen-bond acceptors (Lipinski definition) is 8. The number of H-pyrrole nitrogens is 1. The molecule has 2 aromatic heterocycles. The lowest BCUT2D eigenvalue weighted by atomic mass is 10.0. The van der Waals surface area contributed by atoms with Crippen LogP contribution < -0.4 is 11.3 Å². The zero-order chi connectivity index (χ0) is 47.3. The summed E-state index contributed by atoms with van der Waals surface area (Å²) < 4.78 is 13.5. The Morgan fingerprint density at radius 2 is 1.05 bits per heavy atom. The van der Waals surface area contributed by atoms with Crippen LogP contribution in [0.2, 0.25) is 0 Å². The van der Waals surface area contributed by atoms with Crippen molar-refractivity contribution < 1.29 is 19.1 Å². The van der Waals surface area contributed by atoms with Gasteiger partial charge in [-0.3, -0.25) is 19.4 Å². The van der Waals surface area contributed by atoms with E-state index >= 15 is 0 Å². The number of imidazole rings is 1. The molecule has 0 amide bonds. The van der Waals surface area contributed by atoms with E-state index in [0.717, 1.165) is 77.0 Å². The van der Waals surface area contributed by atoms with Crippen LogP contribution in [-0.2, 0) is 19.1 Å². The number of carbonyl (C=O) groups is 2. The normalized spacial score (nSPS) is 17.6. The molecule has 10 nitrogen and oxygen atoms in total. The van der Waals surface area contributed by atoms with E-state index in [-0.39, 0.29) is 42.9 Å². The molecule has 66 heavy (non-hydrogen) atoms. The van der Waals surface area contributed by atoms with E-state index < -0.39 is 23.6 Å². The van der Waals surface area contributed by atoms with Gasteiger partial charge >= 0.3 is 11.9 Å². The molecule has 3 rings (SSSR count). The van der Waals surface area contributed by atoms with Crippen molar-refractivity contribution >= 4 is 29.1 Å². The summed E-state index contributed by atoms with van der Waals surface area (Å²) in [6.07, 6.45) is 65.6. The van der Waals surface area contributed by atoms with Gasteiger partial charge in [-0.2, -0.15) is 4.98 Å². The maximum absolute atomic E-state index is 13.1. The maximum atomic E-state index is 13.1. The highest BCUT2D eigenvalue weighted by molar-refractivity contribution is 5.72. The van der Waals surface area contributed by atoms with Crippen LogP contribution in [-0.4, -0.2) is 44.2 Å². The Morgan fingerprint density at radius 1 is 0.652 bits per heavy atom. The summed E-state index contributed by atoms with van der Waals surface area (Å²) in [6, 6.07) is -0.410. The number of aromatic nitrogens is 4. The highest BCUT2D eigenvalue weighted by atomic mass is 16.6. The van der Waals surface area contributed by atoms with Gasteiger partial charge in [-0.1, -0.05) is 166 Å². The minimum atomic E-state index is -0.603. The van der Waals surface area contributed by atoms with Crippen LogP contribution in [0.4, 0.5) is 5.95 Å². The van der Waals surface area contributed by atoms with E-state index in [0.29, 0.717) is 30.5 Å². The fourth-order valence-corrected chi connectivity index (χ4v) is 6.99. The second kappa shape index (κ2) is 35.0. The summed E-state index contributed by atoms with van der Waals surface area (Å²) in [5.41, 5.74) is 6.56. The summed E-state index contributed by atoms with van der Waals surface area (Å²) in [5, 5.41) is 0. The van der Waals surface area contributed by atoms with E-state index in [2.05, 4.69) is 157 Å². The molecule has 0 spiro atoms. The van der Waals surface area contributed by atoms with Gasteiger partial charge in [0.25, 0.3) is 5.56 Å². The molecule has 2 aromatic rings. The van der Waals surface area contributed by atoms with Crippen LogP contribution in [0.5, 0.6) is 0 Å². The van der Waals surface area contributed by atoms with E-state index in [1.807, 2.05) is 24.3 Å². The number of fused-ring (bicyclic) bond motifs is 1. The first kappa shape index (κ1) is 54.0.